The second-order valence-electron chi connectivity index (χ2n) is 9.44. The first-order valence-electron chi connectivity index (χ1n) is 13.7. The summed E-state index contributed by atoms with van der Waals surface area (Å²) < 4.78 is 33.4. The molecule has 0 radical (unpaired) electrons. The van der Waals surface area contributed by atoms with Crippen LogP contribution in [0.4, 0.5) is 5.13 Å². The molecule has 218 valence electrons. The first-order valence-corrected chi connectivity index (χ1v) is 14.6. The Hall–Kier alpha value is -2.73. The minimum atomic E-state index is 0.457. The van der Waals surface area contributed by atoms with E-state index in [0.29, 0.717) is 52.7 Å². The molecule has 0 atom stereocenters. The number of aromatic nitrogens is 1. The number of anilines is 1. The third-order valence-electron chi connectivity index (χ3n) is 6.42. The number of thiazole rings is 1. The predicted octanol–water partition coefficient (Wildman–Crippen LogP) is 4.25. The molecule has 1 aromatic heterocycles. The zero-order chi connectivity index (χ0) is 27.8. The summed E-state index contributed by atoms with van der Waals surface area (Å²) in [6.07, 6.45) is 0. The molecule has 10 heteroatoms. The van der Waals surface area contributed by atoms with Gasteiger partial charge in [0.05, 0.1) is 59.1 Å². The smallest absolute Gasteiger partial charge is 0.186 e. The van der Waals surface area contributed by atoms with Gasteiger partial charge < -0.3 is 33.3 Å². The Morgan fingerprint density at radius 1 is 0.875 bits per heavy atom. The molecule has 0 amide bonds. The fraction of sp³-hybridized carbons (Fsp3) is 0.500. The molecule has 0 saturated carbocycles. The van der Waals surface area contributed by atoms with Gasteiger partial charge in [0.1, 0.15) is 18.1 Å². The van der Waals surface area contributed by atoms with Gasteiger partial charge in [-0.1, -0.05) is 24.3 Å². The molecule has 2 heterocycles. The zero-order valence-corrected chi connectivity index (χ0v) is 24.4. The monoisotopic (exact) mass is 571 g/mol. The number of ether oxygens (including phenoxy) is 6. The van der Waals surface area contributed by atoms with E-state index in [-0.39, 0.29) is 0 Å². The van der Waals surface area contributed by atoms with Crippen LogP contribution in [0, 0.1) is 0 Å². The maximum atomic E-state index is 5.86. The molecule has 0 aliphatic carbocycles. The largest absolute Gasteiger partial charge is 0.497 e. The number of nitrogens with zero attached hydrogens (tertiary/aromatic N) is 3. The van der Waals surface area contributed by atoms with Crippen molar-refractivity contribution in [3.8, 4) is 11.5 Å². The minimum absolute atomic E-state index is 0.457. The summed E-state index contributed by atoms with van der Waals surface area (Å²) in [4.78, 5) is 9.54. The first kappa shape index (κ1) is 30.2. The van der Waals surface area contributed by atoms with Gasteiger partial charge in [0, 0.05) is 45.2 Å². The molecule has 1 aliphatic heterocycles. The number of hydrogen-bond donors (Lipinski definition) is 0. The Kier molecular flexibility index (Phi) is 13.0. The van der Waals surface area contributed by atoms with Crippen LogP contribution in [0.25, 0.3) is 0 Å². The van der Waals surface area contributed by atoms with Crippen LogP contribution >= 0.6 is 11.3 Å². The van der Waals surface area contributed by atoms with Crippen molar-refractivity contribution >= 4 is 16.5 Å². The van der Waals surface area contributed by atoms with Crippen molar-refractivity contribution in [2.24, 2.45) is 0 Å². The molecular weight excluding hydrogens is 530 g/mol. The summed E-state index contributed by atoms with van der Waals surface area (Å²) in [7, 11) is 3.36. The SMILES string of the molecule is COCCOc1cccc(CN(Cc2cccc(OC)c2)c2nc(COCCOCCN3CCOCC3)cs2)c1. The van der Waals surface area contributed by atoms with Crippen molar-refractivity contribution in [3.05, 3.63) is 70.7 Å². The third-order valence-corrected chi connectivity index (χ3v) is 7.37. The summed E-state index contributed by atoms with van der Waals surface area (Å²) in [6, 6.07) is 16.3. The maximum absolute atomic E-state index is 5.86. The summed E-state index contributed by atoms with van der Waals surface area (Å²) in [5.74, 6) is 1.67. The Labute approximate surface area is 241 Å². The topological polar surface area (TPSA) is 74.8 Å². The molecular formula is C30H41N3O6S. The van der Waals surface area contributed by atoms with Crippen LogP contribution in [0.2, 0.25) is 0 Å². The van der Waals surface area contributed by atoms with E-state index in [4.69, 9.17) is 33.4 Å². The molecule has 4 rings (SSSR count). The number of rotatable bonds is 18. The standard InChI is InChI=1S/C30H41N3O6S/c1-34-15-18-39-29-8-4-6-26(20-29)22-33(21-25-5-3-7-28(19-25)35-2)30-31-27(24-40-30)23-38-17-16-37-14-11-32-9-12-36-13-10-32/h3-8,19-20,24H,9-18,21-23H2,1-2H3. The van der Waals surface area contributed by atoms with E-state index in [9.17, 15) is 0 Å². The molecule has 9 nitrogen and oxygen atoms in total. The number of methoxy groups -OCH3 is 2. The van der Waals surface area contributed by atoms with Crippen LogP contribution in [0.1, 0.15) is 16.8 Å². The van der Waals surface area contributed by atoms with Gasteiger partial charge >= 0.3 is 0 Å². The molecule has 1 aliphatic rings. The van der Waals surface area contributed by atoms with Gasteiger partial charge in [-0.05, 0) is 35.4 Å². The van der Waals surface area contributed by atoms with E-state index < -0.39 is 0 Å². The summed E-state index contributed by atoms with van der Waals surface area (Å²) in [6.45, 7) is 9.25. The van der Waals surface area contributed by atoms with Crippen LogP contribution in [0.15, 0.2) is 53.9 Å². The second-order valence-corrected chi connectivity index (χ2v) is 10.3. The van der Waals surface area contributed by atoms with Crippen molar-refractivity contribution in [3.63, 3.8) is 0 Å². The zero-order valence-electron chi connectivity index (χ0n) is 23.6. The fourth-order valence-corrected chi connectivity index (χ4v) is 5.11. The van der Waals surface area contributed by atoms with Gasteiger partial charge in [0.2, 0.25) is 0 Å². The van der Waals surface area contributed by atoms with E-state index in [0.717, 1.165) is 66.3 Å². The van der Waals surface area contributed by atoms with E-state index >= 15 is 0 Å². The van der Waals surface area contributed by atoms with Gasteiger partial charge in [0.15, 0.2) is 5.13 Å². The quantitative estimate of drug-likeness (QED) is 0.208. The lowest BCUT2D eigenvalue weighted by Crippen LogP contribution is -2.38. The fourth-order valence-electron chi connectivity index (χ4n) is 4.30. The van der Waals surface area contributed by atoms with Crippen LogP contribution in [0.5, 0.6) is 11.5 Å². The van der Waals surface area contributed by atoms with Crippen LogP contribution in [-0.4, -0.2) is 90.0 Å². The van der Waals surface area contributed by atoms with Gasteiger partial charge in [-0.3, -0.25) is 4.90 Å². The minimum Gasteiger partial charge on any atom is -0.497 e. The van der Waals surface area contributed by atoms with Crippen molar-refractivity contribution in [1.82, 2.24) is 9.88 Å². The highest BCUT2D eigenvalue weighted by atomic mass is 32.1. The lowest BCUT2D eigenvalue weighted by molar-refractivity contribution is 0.00558. The van der Waals surface area contributed by atoms with Crippen molar-refractivity contribution < 1.29 is 28.4 Å². The molecule has 1 fully saturated rings. The van der Waals surface area contributed by atoms with Crippen molar-refractivity contribution in [1.29, 1.82) is 0 Å². The van der Waals surface area contributed by atoms with E-state index in [1.54, 1.807) is 25.6 Å². The van der Waals surface area contributed by atoms with Gasteiger partial charge in [-0.25, -0.2) is 4.98 Å². The van der Waals surface area contributed by atoms with Crippen LogP contribution < -0.4 is 14.4 Å². The first-order chi connectivity index (χ1) is 19.7. The number of morpholine rings is 1. The lowest BCUT2D eigenvalue weighted by Gasteiger charge is -2.26. The highest BCUT2D eigenvalue weighted by Gasteiger charge is 2.15. The molecule has 0 unspecified atom stereocenters. The summed E-state index contributed by atoms with van der Waals surface area (Å²) in [5.41, 5.74) is 3.20. The Morgan fingerprint density at radius 2 is 1.60 bits per heavy atom. The Balaban J connectivity index is 1.31. The molecule has 1 saturated heterocycles. The van der Waals surface area contributed by atoms with Gasteiger partial charge in [0.25, 0.3) is 0 Å². The predicted molar refractivity (Wildman–Crippen MR) is 157 cm³/mol. The molecule has 0 bridgehead atoms. The summed E-state index contributed by atoms with van der Waals surface area (Å²) in [5, 5.41) is 3.01. The van der Waals surface area contributed by atoms with Crippen molar-refractivity contribution in [2.75, 3.05) is 85.0 Å². The molecule has 0 spiro atoms. The lowest BCUT2D eigenvalue weighted by atomic mass is 10.1. The molecule has 2 aromatic carbocycles. The van der Waals surface area contributed by atoms with E-state index in [1.807, 2.05) is 24.3 Å². The maximum Gasteiger partial charge on any atom is 0.186 e. The van der Waals surface area contributed by atoms with E-state index in [1.165, 1.54) is 0 Å². The second kappa shape index (κ2) is 17.2. The van der Waals surface area contributed by atoms with Crippen LogP contribution in [-0.2, 0) is 38.6 Å². The Morgan fingerprint density at radius 3 is 2.35 bits per heavy atom. The molecule has 40 heavy (non-hydrogen) atoms. The summed E-state index contributed by atoms with van der Waals surface area (Å²) >= 11 is 1.62. The average molecular weight is 572 g/mol. The normalized spacial score (nSPS) is 13.8. The number of hydrogen-bond acceptors (Lipinski definition) is 10. The van der Waals surface area contributed by atoms with Gasteiger partial charge in [-0.15, -0.1) is 11.3 Å². The van der Waals surface area contributed by atoms with E-state index in [2.05, 4.69) is 39.4 Å². The number of benzene rings is 2. The van der Waals surface area contributed by atoms with Crippen LogP contribution in [0.3, 0.4) is 0 Å². The highest BCUT2D eigenvalue weighted by molar-refractivity contribution is 7.13. The Bertz CT molecular complexity index is 1120. The third kappa shape index (κ3) is 10.3. The average Bonchev–Trinajstić information content (AvgIpc) is 3.46. The van der Waals surface area contributed by atoms with Crippen molar-refractivity contribution in [2.45, 2.75) is 19.7 Å². The highest BCUT2D eigenvalue weighted by Crippen LogP contribution is 2.27. The van der Waals surface area contributed by atoms with Gasteiger partial charge in [-0.2, -0.15) is 0 Å². The molecule has 3 aromatic rings. The molecule has 0 N–H and O–H groups in total.